The zero-order valence-corrected chi connectivity index (χ0v) is 53.5. The number of esters is 3. The van der Waals surface area contributed by atoms with E-state index in [1.807, 2.05) is 0 Å². The Morgan fingerprint density at radius 1 is 0.256 bits per heavy atom. The van der Waals surface area contributed by atoms with Gasteiger partial charge in [0.1, 0.15) is 13.2 Å². The van der Waals surface area contributed by atoms with Gasteiger partial charge in [0, 0.05) is 19.3 Å². The normalized spacial score (nSPS) is 13.0. The average Bonchev–Trinajstić information content (AvgIpc) is 3.47. The van der Waals surface area contributed by atoms with Crippen molar-refractivity contribution in [3.8, 4) is 0 Å². The molecule has 0 N–H and O–H groups in total. The predicted molar refractivity (Wildman–Crippen MR) is 357 cm³/mol. The molecule has 0 heterocycles. The van der Waals surface area contributed by atoms with Crippen molar-refractivity contribution in [1.29, 1.82) is 0 Å². The third-order valence-electron chi connectivity index (χ3n) is 14.4. The van der Waals surface area contributed by atoms with Crippen LogP contribution in [-0.4, -0.2) is 37.2 Å². The largest absolute Gasteiger partial charge is 0.462 e. The Morgan fingerprint density at radius 3 is 0.780 bits per heavy atom. The highest BCUT2D eigenvalue weighted by Gasteiger charge is 2.19. The molecule has 0 aliphatic heterocycles. The molecule has 1 unspecified atom stereocenters. The van der Waals surface area contributed by atoms with Crippen LogP contribution in [0.3, 0.4) is 0 Å². The van der Waals surface area contributed by atoms with Gasteiger partial charge < -0.3 is 14.2 Å². The van der Waals surface area contributed by atoms with Gasteiger partial charge in [0.25, 0.3) is 0 Å². The summed E-state index contributed by atoms with van der Waals surface area (Å²) in [7, 11) is 0. The second-order valence-electron chi connectivity index (χ2n) is 22.3. The summed E-state index contributed by atoms with van der Waals surface area (Å²) in [6.45, 7) is 6.49. The molecule has 0 bridgehead atoms. The van der Waals surface area contributed by atoms with Gasteiger partial charge in [-0.05, 0) is 141 Å². The standard InChI is InChI=1S/C76H126O6/c1-4-7-10-13-16-19-22-25-27-29-30-31-32-33-34-35-36-37-38-39-40-41-42-43-44-45-46-48-49-51-54-57-60-63-66-69-75(78)81-72-73(71-80-74(77)68-65-62-59-56-53-24-21-18-15-12-9-6-3)82-76(79)70-67-64-61-58-55-52-50-47-28-26-23-20-17-14-11-8-5-2/h7,10,16,18-19,21,25-28,30-31,33-34,36-37,39-40,42-43,45-46,73H,4-6,8-9,11-15,17,20,22-24,29,32,35,38,41,44,47-72H2,1-3H3/b10-7-,19-16-,21-18-,27-25-,28-26-,31-30-,34-33-,37-36-,40-39-,43-42-,46-45-. The molecule has 6 nitrogen and oxygen atoms in total. The number of hydrogen-bond acceptors (Lipinski definition) is 6. The quantitative estimate of drug-likeness (QED) is 0.0261. The van der Waals surface area contributed by atoms with Crippen molar-refractivity contribution in [1.82, 2.24) is 0 Å². The lowest BCUT2D eigenvalue weighted by molar-refractivity contribution is -0.167. The van der Waals surface area contributed by atoms with Crippen LogP contribution in [0.4, 0.5) is 0 Å². The second kappa shape index (κ2) is 69.0. The first-order valence-corrected chi connectivity index (χ1v) is 34.2. The van der Waals surface area contributed by atoms with Crippen LogP contribution in [0.5, 0.6) is 0 Å². The van der Waals surface area contributed by atoms with E-state index in [-0.39, 0.29) is 31.1 Å². The molecule has 0 amide bonds. The van der Waals surface area contributed by atoms with Gasteiger partial charge in [-0.15, -0.1) is 0 Å². The minimum atomic E-state index is -0.792. The smallest absolute Gasteiger partial charge is 0.306 e. The minimum Gasteiger partial charge on any atom is -0.462 e. The Balaban J connectivity index is 4.27. The first kappa shape index (κ1) is 77.5. The van der Waals surface area contributed by atoms with E-state index in [0.29, 0.717) is 19.3 Å². The van der Waals surface area contributed by atoms with Gasteiger partial charge >= 0.3 is 17.9 Å². The van der Waals surface area contributed by atoms with Crippen LogP contribution in [0.15, 0.2) is 134 Å². The molecule has 0 radical (unpaired) electrons. The third-order valence-corrected chi connectivity index (χ3v) is 14.4. The molecule has 6 heteroatoms. The van der Waals surface area contributed by atoms with E-state index in [9.17, 15) is 14.4 Å². The van der Waals surface area contributed by atoms with Crippen LogP contribution in [0.1, 0.15) is 310 Å². The fourth-order valence-corrected chi connectivity index (χ4v) is 9.25. The number of unbranched alkanes of at least 4 members (excludes halogenated alkanes) is 28. The van der Waals surface area contributed by atoms with Gasteiger partial charge in [0.15, 0.2) is 6.10 Å². The summed E-state index contributed by atoms with van der Waals surface area (Å²) in [4.78, 5) is 38.3. The molecule has 0 aliphatic rings. The van der Waals surface area contributed by atoms with Gasteiger partial charge in [-0.3, -0.25) is 14.4 Å². The topological polar surface area (TPSA) is 78.9 Å². The van der Waals surface area contributed by atoms with E-state index < -0.39 is 6.10 Å². The van der Waals surface area contributed by atoms with Crippen molar-refractivity contribution in [3.63, 3.8) is 0 Å². The molecule has 0 fully saturated rings. The maximum absolute atomic E-state index is 12.9. The van der Waals surface area contributed by atoms with Gasteiger partial charge in [-0.2, -0.15) is 0 Å². The molecule has 466 valence electrons. The van der Waals surface area contributed by atoms with E-state index in [2.05, 4.69) is 154 Å². The summed E-state index contributed by atoms with van der Waals surface area (Å²) in [6, 6.07) is 0. The first-order valence-electron chi connectivity index (χ1n) is 34.2. The van der Waals surface area contributed by atoms with E-state index in [1.54, 1.807) is 0 Å². The van der Waals surface area contributed by atoms with Crippen LogP contribution in [0.2, 0.25) is 0 Å². The van der Waals surface area contributed by atoms with Crippen molar-refractivity contribution in [2.24, 2.45) is 0 Å². The average molecular weight is 1140 g/mol. The molecule has 0 rings (SSSR count). The first-order chi connectivity index (χ1) is 40.5. The zero-order chi connectivity index (χ0) is 59.2. The van der Waals surface area contributed by atoms with Crippen LogP contribution in [0, 0.1) is 0 Å². The Labute approximate surface area is 506 Å². The zero-order valence-electron chi connectivity index (χ0n) is 53.5. The van der Waals surface area contributed by atoms with Gasteiger partial charge in [-0.1, -0.05) is 283 Å². The molecule has 0 aromatic rings. The summed E-state index contributed by atoms with van der Waals surface area (Å²) >= 11 is 0. The van der Waals surface area contributed by atoms with E-state index >= 15 is 0 Å². The Bertz CT molecular complexity index is 1730. The maximum Gasteiger partial charge on any atom is 0.306 e. The van der Waals surface area contributed by atoms with E-state index in [1.165, 1.54) is 141 Å². The van der Waals surface area contributed by atoms with E-state index in [0.717, 1.165) is 128 Å². The fraction of sp³-hybridized carbons (Fsp3) is 0.671. The van der Waals surface area contributed by atoms with Gasteiger partial charge in [0.05, 0.1) is 0 Å². The summed E-state index contributed by atoms with van der Waals surface area (Å²) < 4.78 is 16.9. The molecule has 0 aliphatic carbocycles. The lowest BCUT2D eigenvalue weighted by Gasteiger charge is -2.18. The molecule has 0 aromatic heterocycles. The Hall–Kier alpha value is -4.45. The monoisotopic (exact) mass is 1130 g/mol. The number of carbonyl (C=O) groups is 3. The highest BCUT2D eigenvalue weighted by molar-refractivity contribution is 5.71. The highest BCUT2D eigenvalue weighted by Crippen LogP contribution is 2.15. The summed E-state index contributed by atoms with van der Waals surface area (Å²) in [5.74, 6) is -0.908. The lowest BCUT2D eigenvalue weighted by Crippen LogP contribution is -2.30. The number of ether oxygens (including phenoxy) is 3. The SMILES string of the molecule is CC/C=C\C/C=C\C/C=C\C/C=C\C/C=C\C/C=C\C/C=C\C/C=C\C/C=C\CCCCCCCCCC(=O)OCC(COC(=O)CCCCCCC/C=C\CCCCC)OC(=O)CCCCCCCCC/C=C\CCCCCCCC. The van der Waals surface area contributed by atoms with Crippen LogP contribution >= 0.6 is 0 Å². The molecule has 0 saturated carbocycles. The van der Waals surface area contributed by atoms with Crippen molar-refractivity contribution in [2.75, 3.05) is 13.2 Å². The third kappa shape index (κ3) is 66.4. The summed E-state index contributed by atoms with van der Waals surface area (Å²) in [5, 5.41) is 0. The molecule has 0 saturated heterocycles. The fourth-order valence-electron chi connectivity index (χ4n) is 9.25. The minimum absolute atomic E-state index is 0.0886. The van der Waals surface area contributed by atoms with E-state index in [4.69, 9.17) is 14.2 Å². The molecular weight excluding hydrogens is 1010 g/mol. The second-order valence-corrected chi connectivity index (χ2v) is 22.3. The van der Waals surface area contributed by atoms with Crippen molar-refractivity contribution < 1.29 is 28.6 Å². The number of allylic oxidation sites excluding steroid dienone is 22. The Kier molecular flexibility index (Phi) is 65.3. The summed E-state index contributed by atoms with van der Waals surface area (Å²) in [5.41, 5.74) is 0. The molecule has 0 spiro atoms. The molecular formula is C76H126O6. The van der Waals surface area contributed by atoms with Crippen LogP contribution in [-0.2, 0) is 28.6 Å². The molecule has 1 atom stereocenters. The van der Waals surface area contributed by atoms with Crippen molar-refractivity contribution >= 4 is 17.9 Å². The lowest BCUT2D eigenvalue weighted by atomic mass is 10.1. The Morgan fingerprint density at radius 2 is 0.476 bits per heavy atom. The van der Waals surface area contributed by atoms with Crippen molar-refractivity contribution in [3.05, 3.63) is 134 Å². The molecule has 0 aromatic carbocycles. The summed E-state index contributed by atoms with van der Waals surface area (Å²) in [6.07, 6.45) is 97.5. The number of rotatable bonds is 61. The van der Waals surface area contributed by atoms with Gasteiger partial charge in [0.2, 0.25) is 0 Å². The van der Waals surface area contributed by atoms with Gasteiger partial charge in [-0.25, -0.2) is 0 Å². The van der Waals surface area contributed by atoms with Crippen molar-refractivity contribution in [2.45, 2.75) is 316 Å². The molecule has 82 heavy (non-hydrogen) atoms. The van der Waals surface area contributed by atoms with Crippen LogP contribution < -0.4 is 0 Å². The maximum atomic E-state index is 12.9. The number of hydrogen-bond donors (Lipinski definition) is 0. The highest BCUT2D eigenvalue weighted by atomic mass is 16.6. The number of carbonyl (C=O) groups excluding carboxylic acids is 3. The van der Waals surface area contributed by atoms with Crippen LogP contribution in [0.25, 0.3) is 0 Å². The predicted octanol–water partition coefficient (Wildman–Crippen LogP) is 23.7.